The maximum absolute atomic E-state index is 12.0. The molecule has 1 aromatic heterocycles. The molecule has 1 aromatic carbocycles. The van der Waals surface area contributed by atoms with Gasteiger partial charge in [0.15, 0.2) is 0 Å². The molecule has 1 atom stereocenters. The highest BCUT2D eigenvalue weighted by atomic mass is 35.5. The van der Waals surface area contributed by atoms with Crippen LogP contribution < -0.4 is 10.6 Å². The van der Waals surface area contributed by atoms with Crippen molar-refractivity contribution >= 4 is 23.2 Å². The lowest BCUT2D eigenvalue weighted by atomic mass is 10.2. The fourth-order valence-corrected chi connectivity index (χ4v) is 2.13. The Balaban J connectivity index is 1.89. The van der Waals surface area contributed by atoms with Crippen LogP contribution in [0.4, 0.5) is 5.69 Å². The van der Waals surface area contributed by atoms with Crippen molar-refractivity contribution in [3.8, 4) is 0 Å². The molecule has 0 spiro atoms. The Morgan fingerprint density at radius 2 is 2.05 bits per heavy atom. The number of hydrogen-bond donors (Lipinski definition) is 2. The minimum Gasteiger partial charge on any atom is -0.465 e. The Hall–Kier alpha value is -1.78. The van der Waals surface area contributed by atoms with E-state index in [0.29, 0.717) is 5.02 Å². The fraction of sp³-hybridized carbons (Fsp3) is 0.312. The molecular weight excluding hydrogens is 288 g/mol. The van der Waals surface area contributed by atoms with Gasteiger partial charge in [-0.1, -0.05) is 17.7 Å². The van der Waals surface area contributed by atoms with Gasteiger partial charge in [0, 0.05) is 10.7 Å². The first-order valence-electron chi connectivity index (χ1n) is 6.81. The van der Waals surface area contributed by atoms with E-state index in [0.717, 1.165) is 22.8 Å². The number of halogens is 1. The Kier molecular flexibility index (Phi) is 5.04. The van der Waals surface area contributed by atoms with E-state index in [1.807, 2.05) is 39.0 Å². The smallest absolute Gasteiger partial charge is 0.238 e. The molecule has 5 heteroatoms. The summed E-state index contributed by atoms with van der Waals surface area (Å²) in [6.07, 6.45) is 0. The van der Waals surface area contributed by atoms with Crippen LogP contribution in [0.25, 0.3) is 0 Å². The number of benzene rings is 1. The van der Waals surface area contributed by atoms with Crippen molar-refractivity contribution < 1.29 is 9.21 Å². The fourth-order valence-electron chi connectivity index (χ4n) is 1.96. The van der Waals surface area contributed by atoms with E-state index in [1.54, 1.807) is 12.1 Å². The Bertz CT molecular complexity index is 637. The molecule has 2 rings (SSSR count). The number of nitrogens with one attached hydrogen (secondary N) is 2. The molecule has 0 aliphatic carbocycles. The lowest BCUT2D eigenvalue weighted by molar-refractivity contribution is -0.115. The van der Waals surface area contributed by atoms with Crippen LogP contribution in [-0.2, 0) is 4.79 Å². The van der Waals surface area contributed by atoms with Crippen LogP contribution in [0.15, 0.2) is 34.7 Å². The molecule has 4 nitrogen and oxygen atoms in total. The number of anilines is 1. The molecule has 112 valence electrons. The summed E-state index contributed by atoms with van der Waals surface area (Å²) < 4.78 is 5.52. The third-order valence-corrected chi connectivity index (χ3v) is 3.47. The van der Waals surface area contributed by atoms with Crippen molar-refractivity contribution in [2.45, 2.75) is 26.8 Å². The van der Waals surface area contributed by atoms with Gasteiger partial charge in [-0.25, -0.2) is 0 Å². The Morgan fingerprint density at radius 3 is 2.71 bits per heavy atom. The van der Waals surface area contributed by atoms with Gasteiger partial charge in [-0.2, -0.15) is 0 Å². The molecule has 0 aliphatic heterocycles. The molecule has 1 heterocycles. The first-order valence-corrected chi connectivity index (χ1v) is 7.19. The third-order valence-electron chi connectivity index (χ3n) is 3.23. The van der Waals surface area contributed by atoms with Crippen LogP contribution in [0.5, 0.6) is 0 Å². The van der Waals surface area contributed by atoms with E-state index >= 15 is 0 Å². The Labute approximate surface area is 129 Å². The van der Waals surface area contributed by atoms with Crippen LogP contribution in [-0.4, -0.2) is 12.5 Å². The predicted molar refractivity (Wildman–Crippen MR) is 84.7 cm³/mol. The average Bonchev–Trinajstić information content (AvgIpc) is 2.87. The van der Waals surface area contributed by atoms with Crippen molar-refractivity contribution in [1.29, 1.82) is 0 Å². The van der Waals surface area contributed by atoms with Crippen LogP contribution in [0.3, 0.4) is 0 Å². The molecule has 0 saturated carbocycles. The van der Waals surface area contributed by atoms with E-state index in [9.17, 15) is 4.79 Å². The van der Waals surface area contributed by atoms with Gasteiger partial charge in [0.25, 0.3) is 0 Å². The lowest BCUT2D eigenvalue weighted by Gasteiger charge is -2.12. The van der Waals surface area contributed by atoms with E-state index in [-0.39, 0.29) is 18.5 Å². The molecule has 0 fully saturated rings. The van der Waals surface area contributed by atoms with Crippen LogP contribution >= 0.6 is 11.6 Å². The maximum Gasteiger partial charge on any atom is 0.238 e. The highest BCUT2D eigenvalue weighted by molar-refractivity contribution is 6.31. The van der Waals surface area contributed by atoms with Gasteiger partial charge < -0.3 is 9.73 Å². The molecule has 0 radical (unpaired) electrons. The number of furan rings is 1. The first-order chi connectivity index (χ1) is 9.95. The van der Waals surface area contributed by atoms with E-state index in [4.69, 9.17) is 16.0 Å². The topological polar surface area (TPSA) is 54.3 Å². The summed E-state index contributed by atoms with van der Waals surface area (Å²) in [5, 5.41) is 6.57. The normalized spacial score (nSPS) is 12.2. The second kappa shape index (κ2) is 6.78. The second-order valence-electron chi connectivity index (χ2n) is 5.06. The zero-order chi connectivity index (χ0) is 15.4. The van der Waals surface area contributed by atoms with E-state index in [2.05, 4.69) is 10.6 Å². The minimum atomic E-state index is -0.115. The third kappa shape index (κ3) is 4.34. The van der Waals surface area contributed by atoms with Crippen molar-refractivity contribution in [1.82, 2.24) is 5.32 Å². The molecular formula is C16H19ClN2O2. The first kappa shape index (κ1) is 15.6. The lowest BCUT2D eigenvalue weighted by Crippen LogP contribution is -2.30. The quantitative estimate of drug-likeness (QED) is 0.882. The summed E-state index contributed by atoms with van der Waals surface area (Å²) >= 11 is 5.93. The van der Waals surface area contributed by atoms with Crippen LogP contribution in [0.1, 0.15) is 30.0 Å². The highest BCUT2D eigenvalue weighted by Crippen LogP contribution is 2.20. The molecule has 2 N–H and O–H groups in total. The summed E-state index contributed by atoms with van der Waals surface area (Å²) in [4.78, 5) is 12.0. The van der Waals surface area contributed by atoms with Gasteiger partial charge in [-0.15, -0.1) is 0 Å². The average molecular weight is 307 g/mol. The number of amides is 1. The largest absolute Gasteiger partial charge is 0.465 e. The number of carbonyl (C=O) groups is 1. The minimum absolute atomic E-state index is 0.0232. The van der Waals surface area contributed by atoms with Gasteiger partial charge in [-0.3, -0.25) is 10.1 Å². The van der Waals surface area contributed by atoms with Gasteiger partial charge in [-0.05, 0) is 50.6 Å². The number of rotatable bonds is 5. The summed E-state index contributed by atoms with van der Waals surface area (Å²) in [6.45, 7) is 5.97. The molecule has 1 unspecified atom stereocenters. The van der Waals surface area contributed by atoms with Crippen molar-refractivity contribution in [3.63, 3.8) is 0 Å². The number of carbonyl (C=O) groups excluding carboxylic acids is 1. The van der Waals surface area contributed by atoms with Crippen LogP contribution in [0.2, 0.25) is 5.02 Å². The highest BCUT2D eigenvalue weighted by Gasteiger charge is 2.11. The van der Waals surface area contributed by atoms with Gasteiger partial charge >= 0.3 is 0 Å². The molecule has 0 bridgehead atoms. The van der Waals surface area contributed by atoms with E-state index in [1.165, 1.54) is 0 Å². The molecule has 21 heavy (non-hydrogen) atoms. The van der Waals surface area contributed by atoms with Crippen molar-refractivity contribution in [2.75, 3.05) is 11.9 Å². The zero-order valence-corrected chi connectivity index (χ0v) is 13.1. The van der Waals surface area contributed by atoms with Gasteiger partial charge in [0.2, 0.25) is 5.91 Å². The molecule has 0 saturated heterocycles. The predicted octanol–water partition coefficient (Wildman–Crippen LogP) is 3.84. The van der Waals surface area contributed by atoms with Crippen molar-refractivity contribution in [2.24, 2.45) is 0 Å². The Morgan fingerprint density at radius 1 is 1.29 bits per heavy atom. The number of aryl methyl sites for hydroxylation is 2. The van der Waals surface area contributed by atoms with Crippen molar-refractivity contribution in [3.05, 3.63) is 52.4 Å². The monoisotopic (exact) mass is 306 g/mol. The van der Waals surface area contributed by atoms with E-state index < -0.39 is 0 Å². The molecule has 2 aromatic rings. The molecule has 0 aliphatic rings. The summed E-state index contributed by atoms with van der Waals surface area (Å²) in [6, 6.07) is 9.21. The van der Waals surface area contributed by atoms with Gasteiger partial charge in [0.05, 0.1) is 12.6 Å². The zero-order valence-electron chi connectivity index (χ0n) is 12.4. The number of hydrogen-bond acceptors (Lipinski definition) is 3. The van der Waals surface area contributed by atoms with Crippen LogP contribution in [0, 0.1) is 13.8 Å². The summed E-state index contributed by atoms with van der Waals surface area (Å²) in [7, 11) is 0. The summed E-state index contributed by atoms with van der Waals surface area (Å²) in [5.74, 6) is 1.56. The summed E-state index contributed by atoms with van der Waals surface area (Å²) in [5.41, 5.74) is 1.71. The second-order valence-corrected chi connectivity index (χ2v) is 5.49. The standard InChI is InChI=1S/C16H19ClN2O2/c1-10-4-6-13(17)8-14(10)19-16(20)9-18-12(3)15-7-5-11(2)21-15/h4-8,12,18H,9H2,1-3H3,(H,19,20). The maximum atomic E-state index is 12.0. The SMILES string of the molecule is Cc1ccc(C(C)NCC(=O)Nc2cc(Cl)ccc2C)o1. The molecule has 1 amide bonds. The van der Waals surface area contributed by atoms with Gasteiger partial charge in [0.1, 0.15) is 11.5 Å².